The lowest BCUT2D eigenvalue weighted by Crippen LogP contribution is -2.40. The number of hydrogen-bond acceptors (Lipinski definition) is 2. The molecular formula is C15H18O2. The number of ether oxygens (including phenoxy) is 1. The Morgan fingerprint density at radius 2 is 2.24 bits per heavy atom. The van der Waals surface area contributed by atoms with Crippen LogP contribution in [0.3, 0.4) is 0 Å². The van der Waals surface area contributed by atoms with E-state index in [-0.39, 0.29) is 5.60 Å². The van der Waals surface area contributed by atoms with Gasteiger partial charge in [0.25, 0.3) is 0 Å². The number of benzene rings is 1. The molecule has 2 aliphatic carbocycles. The average Bonchev–Trinajstić information content (AvgIpc) is 2.71. The van der Waals surface area contributed by atoms with Gasteiger partial charge < -0.3 is 9.84 Å². The van der Waals surface area contributed by atoms with Crippen LogP contribution in [0, 0.1) is 18.3 Å². The van der Waals surface area contributed by atoms with E-state index in [1.807, 2.05) is 19.1 Å². The van der Waals surface area contributed by atoms with Gasteiger partial charge in [0.15, 0.2) is 0 Å². The van der Waals surface area contributed by atoms with Crippen LogP contribution in [0.5, 0.6) is 11.5 Å². The molecule has 4 rings (SSSR count). The summed E-state index contributed by atoms with van der Waals surface area (Å²) in [6.07, 6.45) is 4.81. The van der Waals surface area contributed by atoms with Gasteiger partial charge in [-0.3, -0.25) is 0 Å². The second-order valence-electron chi connectivity index (χ2n) is 6.38. The number of aryl methyl sites for hydroxylation is 1. The highest BCUT2D eigenvalue weighted by Gasteiger charge is 2.70. The van der Waals surface area contributed by atoms with E-state index in [1.54, 1.807) is 0 Å². The topological polar surface area (TPSA) is 29.5 Å². The molecule has 0 bridgehead atoms. The third-order valence-electron chi connectivity index (χ3n) is 5.51. The van der Waals surface area contributed by atoms with Crippen LogP contribution >= 0.6 is 0 Å². The fraction of sp³-hybridized carbons (Fsp3) is 0.600. The number of hydrogen-bond donors (Lipinski definition) is 1. The zero-order valence-electron chi connectivity index (χ0n) is 10.4. The van der Waals surface area contributed by atoms with Gasteiger partial charge >= 0.3 is 0 Å². The maximum atomic E-state index is 9.80. The number of phenols is 1. The maximum Gasteiger partial charge on any atom is 0.124 e. The monoisotopic (exact) mass is 230 g/mol. The fourth-order valence-electron chi connectivity index (χ4n) is 4.08. The van der Waals surface area contributed by atoms with Gasteiger partial charge in [0.05, 0.1) is 0 Å². The van der Waals surface area contributed by atoms with Crippen molar-refractivity contribution in [1.29, 1.82) is 0 Å². The first-order valence-corrected chi connectivity index (χ1v) is 6.56. The molecule has 2 heteroatoms. The Morgan fingerprint density at radius 3 is 2.88 bits per heavy atom. The minimum atomic E-state index is 0.0419. The predicted octanol–water partition coefficient (Wildman–Crippen LogP) is 3.19. The van der Waals surface area contributed by atoms with Crippen molar-refractivity contribution in [3.05, 3.63) is 23.3 Å². The minimum Gasteiger partial charge on any atom is -0.508 e. The highest BCUT2D eigenvalue weighted by molar-refractivity contribution is 5.50. The Hall–Kier alpha value is -1.18. The molecule has 1 aromatic rings. The Bertz CT molecular complexity index is 487. The first-order valence-electron chi connectivity index (χ1n) is 6.56. The second-order valence-corrected chi connectivity index (χ2v) is 6.38. The standard InChI is InChI=1S/C15H18O2/c1-9-5-13-10(6-12(9)16)7-15(17-13)4-3-11-8-14(11,15)2/h5-6,11,16H,3-4,7-8H2,1-2H3/t11-,14-,15-/m0/s1. The molecule has 1 N–H and O–H groups in total. The molecule has 90 valence electrons. The number of fused-ring (bicyclic) bond motifs is 3. The average molecular weight is 230 g/mol. The van der Waals surface area contributed by atoms with E-state index in [2.05, 4.69) is 6.92 Å². The molecule has 2 nitrogen and oxygen atoms in total. The lowest BCUT2D eigenvalue weighted by molar-refractivity contribution is 0.0334. The van der Waals surface area contributed by atoms with Crippen molar-refractivity contribution in [3.63, 3.8) is 0 Å². The molecule has 17 heavy (non-hydrogen) atoms. The zero-order chi connectivity index (χ0) is 11.8. The molecule has 2 saturated carbocycles. The summed E-state index contributed by atoms with van der Waals surface area (Å²) in [7, 11) is 0. The lowest BCUT2D eigenvalue weighted by Gasteiger charge is -2.31. The van der Waals surface area contributed by atoms with Crippen molar-refractivity contribution in [1.82, 2.24) is 0 Å². The predicted molar refractivity (Wildman–Crippen MR) is 65.4 cm³/mol. The Labute approximate surface area is 102 Å². The molecule has 3 aliphatic rings. The Balaban J connectivity index is 1.78. The largest absolute Gasteiger partial charge is 0.508 e. The van der Waals surface area contributed by atoms with Gasteiger partial charge in [-0.25, -0.2) is 0 Å². The van der Waals surface area contributed by atoms with Crippen LogP contribution in [-0.4, -0.2) is 10.7 Å². The molecule has 0 radical (unpaired) electrons. The number of rotatable bonds is 0. The third kappa shape index (κ3) is 1.02. The van der Waals surface area contributed by atoms with Crippen LogP contribution in [0.2, 0.25) is 0 Å². The normalized spacial score (nSPS) is 41.2. The molecule has 1 aliphatic heterocycles. The van der Waals surface area contributed by atoms with Gasteiger partial charge in [0.2, 0.25) is 0 Å². The molecular weight excluding hydrogens is 212 g/mol. The van der Waals surface area contributed by atoms with Crippen molar-refractivity contribution in [3.8, 4) is 11.5 Å². The van der Waals surface area contributed by atoms with E-state index in [0.29, 0.717) is 11.2 Å². The highest BCUT2D eigenvalue weighted by atomic mass is 16.5. The minimum absolute atomic E-state index is 0.0419. The smallest absolute Gasteiger partial charge is 0.124 e. The van der Waals surface area contributed by atoms with Gasteiger partial charge in [0.1, 0.15) is 17.1 Å². The van der Waals surface area contributed by atoms with Crippen molar-refractivity contribution in [2.45, 2.75) is 45.1 Å². The van der Waals surface area contributed by atoms with Crippen LogP contribution in [0.15, 0.2) is 12.1 Å². The fourth-order valence-corrected chi connectivity index (χ4v) is 4.08. The van der Waals surface area contributed by atoms with Gasteiger partial charge in [-0.15, -0.1) is 0 Å². The summed E-state index contributed by atoms with van der Waals surface area (Å²) in [5.74, 6) is 2.29. The van der Waals surface area contributed by atoms with Crippen LogP contribution < -0.4 is 4.74 Å². The van der Waals surface area contributed by atoms with Crippen LogP contribution in [-0.2, 0) is 6.42 Å². The summed E-state index contributed by atoms with van der Waals surface area (Å²) < 4.78 is 6.34. The second kappa shape index (κ2) is 2.63. The third-order valence-corrected chi connectivity index (χ3v) is 5.51. The van der Waals surface area contributed by atoms with Gasteiger partial charge in [-0.2, -0.15) is 0 Å². The van der Waals surface area contributed by atoms with Gasteiger partial charge in [-0.05, 0) is 49.8 Å². The van der Waals surface area contributed by atoms with Crippen LogP contribution in [0.4, 0.5) is 0 Å². The summed E-state index contributed by atoms with van der Waals surface area (Å²) in [4.78, 5) is 0. The van der Waals surface area contributed by atoms with Crippen LogP contribution in [0.25, 0.3) is 0 Å². The molecule has 0 saturated heterocycles. The molecule has 1 heterocycles. The van der Waals surface area contributed by atoms with E-state index in [4.69, 9.17) is 4.74 Å². The van der Waals surface area contributed by atoms with Crippen molar-refractivity contribution in [2.24, 2.45) is 11.3 Å². The molecule has 1 spiro atoms. The first-order chi connectivity index (χ1) is 8.04. The van der Waals surface area contributed by atoms with Gasteiger partial charge in [-0.1, -0.05) is 6.92 Å². The van der Waals surface area contributed by atoms with E-state index >= 15 is 0 Å². The molecule has 3 atom stereocenters. The number of aromatic hydroxyl groups is 1. The van der Waals surface area contributed by atoms with E-state index < -0.39 is 0 Å². The van der Waals surface area contributed by atoms with Crippen molar-refractivity contribution < 1.29 is 9.84 Å². The zero-order valence-corrected chi connectivity index (χ0v) is 10.4. The molecule has 0 amide bonds. The van der Waals surface area contributed by atoms with E-state index in [9.17, 15) is 5.11 Å². The van der Waals surface area contributed by atoms with Crippen molar-refractivity contribution in [2.75, 3.05) is 0 Å². The van der Waals surface area contributed by atoms with E-state index in [0.717, 1.165) is 23.7 Å². The number of phenolic OH excluding ortho intramolecular Hbond substituents is 1. The first kappa shape index (κ1) is 9.81. The summed E-state index contributed by atoms with van der Waals surface area (Å²) in [6.45, 7) is 4.31. The SMILES string of the molecule is Cc1cc2c(cc1O)C[C@]1(CC[C@H]3C[C@@]31C)O2. The molecule has 2 fully saturated rings. The molecule has 0 unspecified atom stereocenters. The lowest BCUT2D eigenvalue weighted by atomic mass is 9.83. The summed E-state index contributed by atoms with van der Waals surface area (Å²) in [5.41, 5.74) is 2.55. The molecule has 0 aromatic heterocycles. The van der Waals surface area contributed by atoms with Gasteiger partial charge in [0, 0.05) is 17.4 Å². The van der Waals surface area contributed by atoms with E-state index in [1.165, 1.54) is 24.8 Å². The van der Waals surface area contributed by atoms with Crippen LogP contribution in [0.1, 0.15) is 37.3 Å². The Kier molecular flexibility index (Phi) is 1.52. The Morgan fingerprint density at radius 1 is 1.41 bits per heavy atom. The summed E-state index contributed by atoms with van der Waals surface area (Å²) in [6, 6.07) is 3.90. The summed E-state index contributed by atoms with van der Waals surface area (Å²) in [5, 5.41) is 9.80. The molecule has 1 aromatic carbocycles. The quantitative estimate of drug-likeness (QED) is 0.741. The summed E-state index contributed by atoms with van der Waals surface area (Å²) >= 11 is 0. The highest BCUT2D eigenvalue weighted by Crippen LogP contribution is 2.71. The van der Waals surface area contributed by atoms with Crippen molar-refractivity contribution >= 4 is 0 Å². The maximum absolute atomic E-state index is 9.80.